The smallest absolute Gasteiger partial charge is 0.310 e. The fourth-order valence-corrected chi connectivity index (χ4v) is 10.3. The molecular formula is C38H48BrNO6. The third-order valence-electron chi connectivity index (χ3n) is 12.6. The van der Waals surface area contributed by atoms with Crippen LogP contribution in [0.2, 0.25) is 0 Å². The second-order valence-electron chi connectivity index (χ2n) is 14.9. The number of hydrogen-bond donors (Lipinski definition) is 0. The first-order chi connectivity index (χ1) is 22.0. The van der Waals surface area contributed by atoms with Gasteiger partial charge in [0.05, 0.1) is 29.6 Å². The van der Waals surface area contributed by atoms with Crippen molar-refractivity contribution in [3.63, 3.8) is 0 Å². The van der Waals surface area contributed by atoms with Crippen molar-refractivity contribution < 1.29 is 23.9 Å². The van der Waals surface area contributed by atoms with Gasteiger partial charge in [-0.1, -0.05) is 60.5 Å². The summed E-state index contributed by atoms with van der Waals surface area (Å²) in [6.45, 7) is 7.80. The molecule has 4 aliphatic carbocycles. The first kappa shape index (κ1) is 33.2. The Bertz CT molecular complexity index is 1470. The number of carbonyl (C=O) groups excluding carboxylic acids is 1. The van der Waals surface area contributed by atoms with Crippen molar-refractivity contribution in [3.05, 3.63) is 79.8 Å². The predicted octanol–water partition coefficient (Wildman–Crippen LogP) is 9.25. The molecular weight excluding hydrogens is 646 g/mol. The van der Waals surface area contributed by atoms with E-state index in [2.05, 4.69) is 42.8 Å². The van der Waals surface area contributed by atoms with Crippen LogP contribution in [0, 0.1) is 50.5 Å². The molecule has 0 aromatic heterocycles. The lowest BCUT2D eigenvalue weighted by molar-refractivity contribution is -0.385. The molecule has 248 valence electrons. The molecule has 8 atom stereocenters. The molecule has 2 aromatic carbocycles. The fraction of sp³-hybridized carbons (Fsp3) is 0.605. The second kappa shape index (κ2) is 13.4. The van der Waals surface area contributed by atoms with Gasteiger partial charge in [0.15, 0.2) is 0 Å². The van der Waals surface area contributed by atoms with Gasteiger partial charge < -0.3 is 14.2 Å². The molecule has 0 heterocycles. The zero-order valence-electron chi connectivity index (χ0n) is 27.6. The number of nitro groups is 1. The number of esters is 1. The van der Waals surface area contributed by atoms with Crippen molar-refractivity contribution >= 4 is 27.6 Å². The quantitative estimate of drug-likeness (QED) is 0.107. The van der Waals surface area contributed by atoms with E-state index >= 15 is 0 Å². The van der Waals surface area contributed by atoms with Crippen molar-refractivity contribution in [1.82, 2.24) is 0 Å². The van der Waals surface area contributed by atoms with Gasteiger partial charge in [-0.25, -0.2) is 0 Å². The highest BCUT2D eigenvalue weighted by molar-refractivity contribution is 9.10. The number of fused-ring (bicyclic) bond motifs is 5. The van der Waals surface area contributed by atoms with Crippen molar-refractivity contribution in [2.75, 3.05) is 13.7 Å². The Balaban J connectivity index is 1.08. The molecule has 3 saturated carbocycles. The van der Waals surface area contributed by atoms with Crippen molar-refractivity contribution in [2.24, 2.45) is 40.4 Å². The number of ether oxygens (including phenoxy) is 3. The minimum Gasteiger partial charge on any atom is -0.493 e. The van der Waals surface area contributed by atoms with Crippen LogP contribution in [0.4, 0.5) is 5.69 Å². The molecule has 7 nitrogen and oxygen atoms in total. The molecule has 0 aliphatic heterocycles. The number of halogens is 1. The maximum atomic E-state index is 12.5. The summed E-state index contributed by atoms with van der Waals surface area (Å²) in [7, 11) is 1.86. The van der Waals surface area contributed by atoms with Crippen LogP contribution in [0.1, 0.15) is 83.3 Å². The third-order valence-corrected chi connectivity index (χ3v) is 13.1. The number of rotatable bonds is 10. The lowest BCUT2D eigenvalue weighted by atomic mass is 9.47. The number of carbonyl (C=O) groups is 1. The third kappa shape index (κ3) is 6.41. The maximum absolute atomic E-state index is 12.5. The van der Waals surface area contributed by atoms with Gasteiger partial charge in [-0.15, -0.1) is 0 Å². The summed E-state index contributed by atoms with van der Waals surface area (Å²) in [5, 5.41) is 11.7. The molecule has 2 aromatic rings. The molecule has 0 radical (unpaired) electrons. The Hall–Kier alpha value is -2.71. The van der Waals surface area contributed by atoms with E-state index in [1.54, 1.807) is 17.7 Å². The average molecular weight is 695 g/mol. The Labute approximate surface area is 281 Å². The largest absolute Gasteiger partial charge is 0.493 e. The zero-order chi connectivity index (χ0) is 32.6. The summed E-state index contributed by atoms with van der Waals surface area (Å²) in [6, 6.07) is 12.2. The lowest BCUT2D eigenvalue weighted by Gasteiger charge is -2.58. The first-order valence-corrected chi connectivity index (χ1v) is 17.8. The summed E-state index contributed by atoms with van der Waals surface area (Å²) in [6.07, 6.45) is 12.9. The summed E-state index contributed by atoms with van der Waals surface area (Å²) >= 11 is 3.39. The highest BCUT2D eigenvalue weighted by Crippen LogP contribution is 2.67. The lowest BCUT2D eigenvalue weighted by Crippen LogP contribution is -2.51. The van der Waals surface area contributed by atoms with Gasteiger partial charge in [0.1, 0.15) is 12.4 Å². The van der Waals surface area contributed by atoms with Crippen molar-refractivity contribution in [1.29, 1.82) is 0 Å². The van der Waals surface area contributed by atoms with Crippen LogP contribution in [-0.4, -0.2) is 30.7 Å². The summed E-state index contributed by atoms with van der Waals surface area (Å²) in [5.74, 6) is 3.35. The molecule has 8 heteroatoms. The Morgan fingerprint density at radius 2 is 1.85 bits per heavy atom. The van der Waals surface area contributed by atoms with E-state index in [1.165, 1.54) is 51.0 Å². The normalized spacial score (nSPS) is 32.4. The van der Waals surface area contributed by atoms with Gasteiger partial charge in [0.2, 0.25) is 0 Å². The topological polar surface area (TPSA) is 87.9 Å². The predicted molar refractivity (Wildman–Crippen MR) is 181 cm³/mol. The van der Waals surface area contributed by atoms with Crippen LogP contribution < -0.4 is 4.74 Å². The summed E-state index contributed by atoms with van der Waals surface area (Å²) in [5.41, 5.74) is 3.37. The van der Waals surface area contributed by atoms with E-state index < -0.39 is 10.9 Å². The SMILES string of the molecule is CO[C@H]1CC[C@@]2(C)C(=CC[C@H]3[C@@H]4CC[C@H]([C@H](C)COc5ccc([N+](=O)[O-])c(COC(=O)Cc6ccc(Br)cc6)c5)[C@@]4(C)CC[C@@H]32)C1. The number of benzene rings is 2. The molecule has 3 fully saturated rings. The van der Waals surface area contributed by atoms with E-state index in [0.29, 0.717) is 46.7 Å². The molecule has 0 amide bonds. The number of allylic oxidation sites excluding steroid dienone is 1. The molecule has 6 rings (SSSR count). The van der Waals surface area contributed by atoms with E-state index in [4.69, 9.17) is 14.2 Å². The molecule has 0 N–H and O–H groups in total. The molecule has 0 unspecified atom stereocenters. The molecule has 0 bridgehead atoms. The second-order valence-corrected chi connectivity index (χ2v) is 15.8. The minimum atomic E-state index is -0.437. The number of methoxy groups -OCH3 is 1. The van der Waals surface area contributed by atoms with Gasteiger partial charge in [-0.2, -0.15) is 0 Å². The van der Waals surface area contributed by atoms with Gasteiger partial charge in [-0.05, 0) is 122 Å². The Kier molecular flexibility index (Phi) is 9.69. The number of hydrogen-bond acceptors (Lipinski definition) is 6. The minimum absolute atomic E-state index is 0.0752. The van der Waals surface area contributed by atoms with Crippen LogP contribution >= 0.6 is 15.9 Å². The Morgan fingerprint density at radius 3 is 2.59 bits per heavy atom. The maximum Gasteiger partial charge on any atom is 0.310 e. The molecule has 46 heavy (non-hydrogen) atoms. The first-order valence-electron chi connectivity index (χ1n) is 17.0. The molecule has 4 aliphatic rings. The van der Waals surface area contributed by atoms with Crippen LogP contribution in [0.5, 0.6) is 5.75 Å². The van der Waals surface area contributed by atoms with Gasteiger partial charge >= 0.3 is 5.97 Å². The van der Waals surface area contributed by atoms with E-state index in [9.17, 15) is 14.9 Å². The van der Waals surface area contributed by atoms with Crippen molar-refractivity contribution in [3.8, 4) is 5.75 Å². The van der Waals surface area contributed by atoms with Crippen LogP contribution in [0.3, 0.4) is 0 Å². The van der Waals surface area contributed by atoms with Crippen LogP contribution in [0.25, 0.3) is 0 Å². The van der Waals surface area contributed by atoms with Gasteiger partial charge in [-0.3, -0.25) is 14.9 Å². The standard InChI is InChI=1S/C38H48BrNO6/c1-24(22-45-30-10-14-35(40(42)43)26(20-30)23-46-36(41)19-25-5-8-28(39)9-6-25)32-12-13-33-31-11-7-27-21-29(44-4)15-17-37(27,2)34(31)16-18-38(32,33)3/h5-10,14,20,24,29,31-34H,11-13,15-19,21-23H2,1-4H3/t24-,29+,31+,32-,33+,34+,37+,38-/m1/s1. The van der Waals surface area contributed by atoms with E-state index in [-0.39, 0.29) is 18.7 Å². The summed E-state index contributed by atoms with van der Waals surface area (Å²) < 4.78 is 18.5. The van der Waals surface area contributed by atoms with Gasteiger partial charge in [0.25, 0.3) is 5.69 Å². The Morgan fingerprint density at radius 1 is 1.07 bits per heavy atom. The monoisotopic (exact) mass is 693 g/mol. The van der Waals surface area contributed by atoms with E-state index in [1.807, 2.05) is 31.4 Å². The molecule has 0 spiro atoms. The van der Waals surface area contributed by atoms with Crippen LogP contribution in [0.15, 0.2) is 58.6 Å². The van der Waals surface area contributed by atoms with Gasteiger partial charge in [0, 0.05) is 17.6 Å². The summed E-state index contributed by atoms with van der Waals surface area (Å²) in [4.78, 5) is 23.8. The highest BCUT2D eigenvalue weighted by atomic mass is 79.9. The fourth-order valence-electron chi connectivity index (χ4n) is 10.1. The zero-order valence-corrected chi connectivity index (χ0v) is 29.2. The average Bonchev–Trinajstić information content (AvgIpc) is 3.40. The molecule has 0 saturated heterocycles. The van der Waals surface area contributed by atoms with Crippen molar-refractivity contribution in [2.45, 2.75) is 91.3 Å². The number of nitrogens with zero attached hydrogens (tertiary/aromatic N) is 1. The van der Waals surface area contributed by atoms with E-state index in [0.717, 1.165) is 34.2 Å². The highest BCUT2D eigenvalue weighted by Gasteiger charge is 2.59. The number of nitro benzene ring substituents is 1. The van der Waals surface area contributed by atoms with Crippen LogP contribution in [-0.2, 0) is 27.3 Å².